The molecule has 0 unspecified atom stereocenters. The van der Waals surface area contributed by atoms with Crippen LogP contribution in [0.2, 0.25) is 0 Å². The molecule has 2 aromatic rings. The number of hydrogen-bond acceptors (Lipinski definition) is 3. The Hall–Kier alpha value is -1.58. The molecule has 0 aliphatic heterocycles. The molecule has 2 rings (SSSR count). The summed E-state index contributed by atoms with van der Waals surface area (Å²) in [7, 11) is 0. The summed E-state index contributed by atoms with van der Waals surface area (Å²) in [5.41, 5.74) is 0.806. The van der Waals surface area contributed by atoms with Crippen molar-refractivity contribution < 1.29 is 4.74 Å². The summed E-state index contributed by atoms with van der Waals surface area (Å²) in [5, 5.41) is 4.06. The summed E-state index contributed by atoms with van der Waals surface area (Å²) >= 11 is 0. The average Bonchev–Trinajstić information content (AvgIpc) is 2.47. The zero-order chi connectivity index (χ0) is 8.39. The quantitative estimate of drug-likeness (QED) is 0.666. The molecule has 0 N–H and O–H groups in total. The van der Waals surface area contributed by atoms with Crippen LogP contribution in [-0.4, -0.2) is 21.2 Å². The van der Waals surface area contributed by atoms with Crippen LogP contribution < -0.4 is 4.74 Å². The Morgan fingerprint density at radius 1 is 1.58 bits per heavy atom. The van der Waals surface area contributed by atoms with E-state index in [0.29, 0.717) is 12.5 Å². The van der Waals surface area contributed by atoms with Crippen molar-refractivity contribution in [3.8, 4) is 5.88 Å². The van der Waals surface area contributed by atoms with E-state index >= 15 is 0 Å². The standard InChI is InChI=1S/C8H9N3O/c1-2-12-8-6-11-7(10-8)4-3-5-9-11/h3-6H,2H2,1H3. The topological polar surface area (TPSA) is 39.4 Å². The molecular formula is C8H9N3O. The Morgan fingerprint density at radius 3 is 3.25 bits per heavy atom. The van der Waals surface area contributed by atoms with E-state index in [1.807, 2.05) is 19.1 Å². The fraction of sp³-hybridized carbons (Fsp3) is 0.250. The maximum atomic E-state index is 5.22. The van der Waals surface area contributed by atoms with Gasteiger partial charge in [-0.15, -0.1) is 0 Å². The van der Waals surface area contributed by atoms with Crippen molar-refractivity contribution in [1.29, 1.82) is 0 Å². The van der Waals surface area contributed by atoms with E-state index in [1.54, 1.807) is 16.9 Å². The first kappa shape index (κ1) is 7.09. The van der Waals surface area contributed by atoms with Gasteiger partial charge in [-0.1, -0.05) is 0 Å². The first-order chi connectivity index (χ1) is 5.90. The number of fused-ring (bicyclic) bond motifs is 1. The van der Waals surface area contributed by atoms with E-state index in [4.69, 9.17) is 4.74 Å². The second-order valence-electron chi connectivity index (χ2n) is 2.34. The first-order valence-corrected chi connectivity index (χ1v) is 3.83. The highest BCUT2D eigenvalue weighted by Crippen LogP contribution is 2.09. The third kappa shape index (κ3) is 1.11. The molecule has 0 fully saturated rings. The van der Waals surface area contributed by atoms with Crippen LogP contribution in [0.4, 0.5) is 0 Å². The van der Waals surface area contributed by atoms with E-state index in [2.05, 4.69) is 10.1 Å². The number of rotatable bonds is 2. The normalized spacial score (nSPS) is 10.4. The van der Waals surface area contributed by atoms with Crippen molar-refractivity contribution in [2.75, 3.05) is 6.61 Å². The van der Waals surface area contributed by atoms with Crippen molar-refractivity contribution in [2.24, 2.45) is 0 Å². The minimum atomic E-state index is 0.621. The number of imidazole rings is 1. The number of nitrogens with zero attached hydrogens (tertiary/aromatic N) is 3. The zero-order valence-electron chi connectivity index (χ0n) is 6.77. The van der Waals surface area contributed by atoms with Crippen LogP contribution in [0.25, 0.3) is 5.65 Å². The van der Waals surface area contributed by atoms with Gasteiger partial charge in [0.25, 0.3) is 0 Å². The molecule has 12 heavy (non-hydrogen) atoms. The van der Waals surface area contributed by atoms with Crippen LogP contribution in [0.5, 0.6) is 5.88 Å². The zero-order valence-corrected chi connectivity index (χ0v) is 6.77. The van der Waals surface area contributed by atoms with Crippen LogP contribution >= 0.6 is 0 Å². The highest BCUT2D eigenvalue weighted by atomic mass is 16.5. The molecule has 0 aromatic carbocycles. The van der Waals surface area contributed by atoms with E-state index in [0.717, 1.165) is 5.65 Å². The number of hydrogen-bond donors (Lipinski definition) is 0. The first-order valence-electron chi connectivity index (χ1n) is 3.83. The molecule has 0 radical (unpaired) electrons. The largest absolute Gasteiger partial charge is 0.477 e. The molecule has 4 heteroatoms. The van der Waals surface area contributed by atoms with Gasteiger partial charge in [0.2, 0.25) is 5.88 Å². The molecule has 0 spiro atoms. The molecule has 0 saturated carbocycles. The van der Waals surface area contributed by atoms with Crippen LogP contribution in [0.1, 0.15) is 6.92 Å². The maximum absolute atomic E-state index is 5.22. The summed E-state index contributed by atoms with van der Waals surface area (Å²) in [5.74, 6) is 0.621. The minimum Gasteiger partial charge on any atom is -0.477 e. The lowest BCUT2D eigenvalue weighted by atomic mass is 10.6. The molecule has 0 aliphatic carbocycles. The third-order valence-corrected chi connectivity index (χ3v) is 1.51. The van der Waals surface area contributed by atoms with E-state index < -0.39 is 0 Å². The lowest BCUT2D eigenvalue weighted by molar-refractivity contribution is 0.328. The Labute approximate surface area is 69.8 Å². The number of aromatic nitrogens is 3. The van der Waals surface area contributed by atoms with Gasteiger partial charge in [0.1, 0.15) is 0 Å². The lowest BCUT2D eigenvalue weighted by Gasteiger charge is -1.92. The van der Waals surface area contributed by atoms with E-state index in [-0.39, 0.29) is 0 Å². The average molecular weight is 163 g/mol. The van der Waals surface area contributed by atoms with Gasteiger partial charge in [0.15, 0.2) is 5.65 Å². The molecular weight excluding hydrogens is 154 g/mol. The van der Waals surface area contributed by atoms with E-state index in [9.17, 15) is 0 Å². The fourth-order valence-electron chi connectivity index (χ4n) is 1.03. The molecule has 0 bridgehead atoms. The van der Waals surface area contributed by atoms with Crippen molar-refractivity contribution in [3.63, 3.8) is 0 Å². The second kappa shape index (κ2) is 2.81. The van der Waals surface area contributed by atoms with Gasteiger partial charge < -0.3 is 4.74 Å². The Bertz CT molecular complexity index is 349. The molecule has 0 atom stereocenters. The lowest BCUT2D eigenvalue weighted by Crippen LogP contribution is -1.90. The van der Waals surface area contributed by atoms with Gasteiger partial charge in [-0.05, 0) is 19.1 Å². The smallest absolute Gasteiger partial charge is 0.234 e. The molecule has 62 valence electrons. The van der Waals surface area contributed by atoms with Crippen LogP contribution in [0.15, 0.2) is 24.5 Å². The minimum absolute atomic E-state index is 0.621. The van der Waals surface area contributed by atoms with Crippen LogP contribution in [0.3, 0.4) is 0 Å². The predicted octanol–water partition coefficient (Wildman–Crippen LogP) is 1.13. The third-order valence-electron chi connectivity index (χ3n) is 1.51. The summed E-state index contributed by atoms with van der Waals surface area (Å²) in [6, 6.07) is 3.73. The second-order valence-corrected chi connectivity index (χ2v) is 2.34. The Kier molecular flexibility index (Phi) is 1.66. The highest BCUT2D eigenvalue weighted by Gasteiger charge is 1.99. The van der Waals surface area contributed by atoms with Gasteiger partial charge in [-0.3, -0.25) is 0 Å². The SMILES string of the molecule is CCOc1cn2ncccc2n1. The van der Waals surface area contributed by atoms with Crippen LogP contribution in [0, 0.1) is 0 Å². The van der Waals surface area contributed by atoms with Crippen molar-refractivity contribution in [2.45, 2.75) is 6.92 Å². The Morgan fingerprint density at radius 2 is 2.50 bits per heavy atom. The van der Waals surface area contributed by atoms with Gasteiger partial charge in [0, 0.05) is 6.20 Å². The molecule has 4 nitrogen and oxygen atoms in total. The van der Waals surface area contributed by atoms with Gasteiger partial charge in [0.05, 0.1) is 12.8 Å². The summed E-state index contributed by atoms with van der Waals surface area (Å²) in [6.07, 6.45) is 3.48. The molecule has 0 amide bonds. The van der Waals surface area contributed by atoms with Crippen molar-refractivity contribution in [1.82, 2.24) is 14.6 Å². The maximum Gasteiger partial charge on any atom is 0.234 e. The molecule has 0 aliphatic rings. The summed E-state index contributed by atoms with van der Waals surface area (Å²) in [6.45, 7) is 2.56. The highest BCUT2D eigenvalue weighted by molar-refractivity contribution is 5.38. The van der Waals surface area contributed by atoms with Gasteiger partial charge in [-0.25, -0.2) is 4.52 Å². The molecule has 2 aromatic heterocycles. The van der Waals surface area contributed by atoms with E-state index in [1.165, 1.54) is 0 Å². The monoisotopic (exact) mass is 163 g/mol. The van der Waals surface area contributed by atoms with Gasteiger partial charge in [-0.2, -0.15) is 10.1 Å². The summed E-state index contributed by atoms with van der Waals surface area (Å²) in [4.78, 5) is 4.18. The summed E-state index contributed by atoms with van der Waals surface area (Å²) < 4.78 is 6.90. The molecule has 0 saturated heterocycles. The predicted molar refractivity (Wildman–Crippen MR) is 44.2 cm³/mol. The van der Waals surface area contributed by atoms with Crippen molar-refractivity contribution >= 4 is 5.65 Å². The Balaban J connectivity index is 2.47. The number of ether oxygens (including phenoxy) is 1. The van der Waals surface area contributed by atoms with Crippen molar-refractivity contribution in [3.05, 3.63) is 24.5 Å². The molecule has 2 heterocycles. The van der Waals surface area contributed by atoms with Crippen LogP contribution in [-0.2, 0) is 0 Å². The van der Waals surface area contributed by atoms with Gasteiger partial charge >= 0.3 is 0 Å². The fourth-order valence-corrected chi connectivity index (χ4v) is 1.03.